The van der Waals surface area contributed by atoms with Gasteiger partial charge in [0.05, 0.1) is 5.69 Å². The Morgan fingerprint density at radius 1 is 1.15 bits per heavy atom. The molecule has 1 aliphatic heterocycles. The molecule has 1 saturated heterocycles. The molecule has 1 aromatic heterocycles. The van der Waals surface area contributed by atoms with E-state index in [1.807, 2.05) is 6.92 Å². The predicted molar refractivity (Wildman–Crippen MR) is 87.7 cm³/mol. The van der Waals surface area contributed by atoms with Crippen molar-refractivity contribution in [2.75, 3.05) is 16.8 Å². The van der Waals surface area contributed by atoms with E-state index in [0.717, 1.165) is 23.4 Å². The number of alkyl halides is 1. The summed E-state index contributed by atoms with van der Waals surface area (Å²) in [6, 6.07) is 9.00. The molecule has 3 rings (SSSR count). The largest absolute Gasteiger partial charge is 0.351 e. The maximum Gasteiger partial charge on any atom is 0.159 e. The number of benzene rings is 1. The highest BCUT2D eigenvalue weighted by molar-refractivity contribution is 9.09. The third kappa shape index (κ3) is 2.53. The molecule has 0 N–H and O–H groups in total. The highest BCUT2D eigenvalue weighted by Gasteiger charge is 2.23. The van der Waals surface area contributed by atoms with Crippen molar-refractivity contribution in [1.82, 2.24) is 10.2 Å². The van der Waals surface area contributed by atoms with Crippen LogP contribution in [-0.4, -0.2) is 28.1 Å². The van der Waals surface area contributed by atoms with Crippen LogP contribution in [0.1, 0.15) is 31.4 Å². The average Bonchev–Trinajstić information content (AvgIpc) is 2.73. The molecule has 2 aromatic rings. The minimum Gasteiger partial charge on any atom is -0.351 e. The Morgan fingerprint density at radius 3 is 2.75 bits per heavy atom. The van der Waals surface area contributed by atoms with Crippen molar-refractivity contribution in [3.8, 4) is 0 Å². The molecule has 1 unspecified atom stereocenters. The lowest BCUT2D eigenvalue weighted by Crippen LogP contribution is -2.37. The van der Waals surface area contributed by atoms with Crippen molar-refractivity contribution in [2.45, 2.75) is 38.6 Å². The topological polar surface area (TPSA) is 29.0 Å². The van der Waals surface area contributed by atoms with Gasteiger partial charge in [0.2, 0.25) is 0 Å². The highest BCUT2D eigenvalue weighted by Crippen LogP contribution is 2.30. The summed E-state index contributed by atoms with van der Waals surface area (Å²) < 4.78 is 0. The Bertz CT molecular complexity index is 599. The molecule has 1 aliphatic rings. The van der Waals surface area contributed by atoms with Crippen LogP contribution in [0.4, 0.5) is 5.82 Å². The second-order valence-electron chi connectivity index (χ2n) is 5.51. The number of hydrogen-bond donors (Lipinski definition) is 0. The summed E-state index contributed by atoms with van der Waals surface area (Å²) in [6.45, 7) is 3.11. The first-order valence-electron chi connectivity index (χ1n) is 7.36. The van der Waals surface area contributed by atoms with E-state index >= 15 is 0 Å². The fourth-order valence-corrected chi connectivity index (χ4v) is 3.73. The summed E-state index contributed by atoms with van der Waals surface area (Å²) in [5, 5.41) is 12.3. The van der Waals surface area contributed by atoms with Crippen LogP contribution in [0.15, 0.2) is 24.3 Å². The number of anilines is 1. The maximum absolute atomic E-state index is 4.53. The van der Waals surface area contributed by atoms with Gasteiger partial charge < -0.3 is 4.90 Å². The molecule has 1 aromatic carbocycles. The van der Waals surface area contributed by atoms with Crippen LogP contribution in [0.5, 0.6) is 0 Å². The zero-order valence-electron chi connectivity index (χ0n) is 11.8. The summed E-state index contributed by atoms with van der Waals surface area (Å²) in [5.74, 6) is 1.05. The number of rotatable bonds is 2. The van der Waals surface area contributed by atoms with Crippen LogP contribution in [0, 0.1) is 6.92 Å². The van der Waals surface area contributed by atoms with Gasteiger partial charge in [-0.1, -0.05) is 53.0 Å². The Hall–Kier alpha value is -1.16. The van der Waals surface area contributed by atoms with Gasteiger partial charge in [0.1, 0.15) is 0 Å². The minimum absolute atomic E-state index is 0.526. The first kappa shape index (κ1) is 13.8. The van der Waals surface area contributed by atoms with Crippen molar-refractivity contribution < 1.29 is 0 Å². The molecule has 0 spiro atoms. The van der Waals surface area contributed by atoms with Crippen LogP contribution >= 0.6 is 15.9 Å². The molecule has 1 fully saturated rings. The lowest BCUT2D eigenvalue weighted by molar-refractivity contribution is 0.620. The molecule has 0 saturated carbocycles. The number of nitrogens with zero attached hydrogens (tertiary/aromatic N) is 3. The number of fused-ring (bicyclic) bond motifs is 1. The van der Waals surface area contributed by atoms with Gasteiger partial charge >= 0.3 is 0 Å². The standard InChI is InChI=1S/C16H20BrN3/c1-12-14-8-4-5-9-15(14)16(19-18-12)20-10-6-2-3-7-13(20)11-17/h4-5,8-9,13H,2-3,6-7,10-11H2,1H3. The Balaban J connectivity index is 2.10. The Kier molecular flexibility index (Phi) is 4.20. The quantitative estimate of drug-likeness (QED) is 0.775. The van der Waals surface area contributed by atoms with Crippen LogP contribution in [0.3, 0.4) is 0 Å². The second-order valence-corrected chi connectivity index (χ2v) is 6.15. The van der Waals surface area contributed by atoms with E-state index in [-0.39, 0.29) is 0 Å². The second kappa shape index (κ2) is 6.08. The minimum atomic E-state index is 0.526. The van der Waals surface area contributed by atoms with E-state index in [2.05, 4.69) is 55.3 Å². The third-order valence-electron chi connectivity index (χ3n) is 4.18. The Morgan fingerprint density at radius 2 is 1.95 bits per heavy atom. The van der Waals surface area contributed by atoms with E-state index in [4.69, 9.17) is 0 Å². The lowest BCUT2D eigenvalue weighted by Gasteiger charge is -2.30. The lowest BCUT2D eigenvalue weighted by atomic mass is 10.1. The number of aryl methyl sites for hydroxylation is 1. The molecule has 1 atom stereocenters. The maximum atomic E-state index is 4.53. The number of aromatic nitrogens is 2. The summed E-state index contributed by atoms with van der Waals surface area (Å²) in [7, 11) is 0. The van der Waals surface area contributed by atoms with Crippen LogP contribution in [-0.2, 0) is 0 Å². The van der Waals surface area contributed by atoms with Crippen molar-refractivity contribution in [1.29, 1.82) is 0 Å². The molecule has 106 valence electrons. The van der Waals surface area contributed by atoms with Gasteiger partial charge in [-0.2, -0.15) is 5.10 Å². The van der Waals surface area contributed by atoms with Gasteiger partial charge in [0, 0.05) is 28.7 Å². The van der Waals surface area contributed by atoms with Crippen LogP contribution in [0.2, 0.25) is 0 Å². The van der Waals surface area contributed by atoms with E-state index in [0.29, 0.717) is 6.04 Å². The molecule has 0 bridgehead atoms. The van der Waals surface area contributed by atoms with Crippen molar-refractivity contribution >= 4 is 32.5 Å². The zero-order chi connectivity index (χ0) is 13.9. The van der Waals surface area contributed by atoms with Gasteiger partial charge in [-0.15, -0.1) is 5.10 Å². The Labute approximate surface area is 128 Å². The summed E-state index contributed by atoms with van der Waals surface area (Å²) >= 11 is 3.67. The molecule has 0 aliphatic carbocycles. The van der Waals surface area contributed by atoms with E-state index in [1.165, 1.54) is 36.5 Å². The molecule has 0 radical (unpaired) electrons. The van der Waals surface area contributed by atoms with Gasteiger partial charge in [-0.05, 0) is 19.8 Å². The summed E-state index contributed by atoms with van der Waals surface area (Å²) in [4.78, 5) is 2.45. The van der Waals surface area contributed by atoms with E-state index in [9.17, 15) is 0 Å². The molecule has 2 heterocycles. The highest BCUT2D eigenvalue weighted by atomic mass is 79.9. The first-order chi connectivity index (χ1) is 9.81. The zero-order valence-corrected chi connectivity index (χ0v) is 13.4. The van der Waals surface area contributed by atoms with Gasteiger partial charge in [-0.3, -0.25) is 0 Å². The van der Waals surface area contributed by atoms with Gasteiger partial charge in [0.25, 0.3) is 0 Å². The SMILES string of the molecule is Cc1nnc(N2CCCCCC2CBr)c2ccccc12. The fourth-order valence-electron chi connectivity index (χ4n) is 3.05. The molecular weight excluding hydrogens is 314 g/mol. The van der Waals surface area contributed by atoms with E-state index in [1.54, 1.807) is 0 Å². The molecule has 3 nitrogen and oxygen atoms in total. The number of hydrogen-bond acceptors (Lipinski definition) is 3. The van der Waals surface area contributed by atoms with Crippen molar-refractivity contribution in [2.24, 2.45) is 0 Å². The molecule has 20 heavy (non-hydrogen) atoms. The van der Waals surface area contributed by atoms with Gasteiger partial charge in [0.15, 0.2) is 5.82 Å². The smallest absolute Gasteiger partial charge is 0.159 e. The van der Waals surface area contributed by atoms with Crippen LogP contribution in [0.25, 0.3) is 10.8 Å². The summed E-state index contributed by atoms with van der Waals surface area (Å²) in [5.41, 5.74) is 1.01. The van der Waals surface area contributed by atoms with Crippen molar-refractivity contribution in [3.05, 3.63) is 30.0 Å². The van der Waals surface area contributed by atoms with E-state index < -0.39 is 0 Å². The molecule has 0 amide bonds. The fraction of sp³-hybridized carbons (Fsp3) is 0.500. The average molecular weight is 334 g/mol. The van der Waals surface area contributed by atoms with Crippen molar-refractivity contribution in [3.63, 3.8) is 0 Å². The molecular formula is C16H20BrN3. The first-order valence-corrected chi connectivity index (χ1v) is 8.48. The third-order valence-corrected chi connectivity index (χ3v) is 4.93. The normalized spacial score (nSPS) is 20.1. The van der Waals surface area contributed by atoms with Gasteiger partial charge in [-0.25, -0.2) is 0 Å². The molecule has 4 heteroatoms. The predicted octanol–water partition coefficient (Wildman–Crippen LogP) is 4.08. The monoisotopic (exact) mass is 333 g/mol. The van der Waals surface area contributed by atoms with Crippen LogP contribution < -0.4 is 4.90 Å². The number of halogens is 1. The summed E-state index contributed by atoms with van der Waals surface area (Å²) in [6.07, 6.45) is 5.10.